The van der Waals surface area contributed by atoms with Crippen LogP contribution in [-0.4, -0.2) is 28.9 Å². The first-order valence-electron chi connectivity index (χ1n) is 10.2. The Labute approximate surface area is 169 Å². The summed E-state index contributed by atoms with van der Waals surface area (Å²) in [6, 6.07) is 12.0. The number of carbonyl (C=O) groups is 1. The van der Waals surface area contributed by atoms with Gasteiger partial charge in [0.25, 0.3) is 5.91 Å². The van der Waals surface area contributed by atoms with Crippen molar-refractivity contribution in [1.29, 1.82) is 0 Å². The van der Waals surface area contributed by atoms with Gasteiger partial charge in [0.05, 0.1) is 0 Å². The van der Waals surface area contributed by atoms with Crippen LogP contribution in [0.5, 0.6) is 0 Å². The lowest BCUT2D eigenvalue weighted by Gasteiger charge is -2.30. The highest BCUT2D eigenvalue weighted by molar-refractivity contribution is 6.00. The minimum atomic E-state index is -0.0215. The molecule has 5 nitrogen and oxygen atoms in total. The molecule has 2 aromatic heterocycles. The number of para-hydroxylation sites is 2. The summed E-state index contributed by atoms with van der Waals surface area (Å²) in [6.45, 7) is 7.44. The molecule has 1 aliphatic heterocycles. The van der Waals surface area contributed by atoms with E-state index in [1.165, 1.54) is 0 Å². The minimum Gasteiger partial charge on any atom is -0.451 e. The molecule has 0 radical (unpaired) electrons. The Morgan fingerprint density at radius 2 is 1.79 bits per heavy atom. The number of fused-ring (bicyclic) bond motifs is 2. The number of piperidine rings is 1. The molecule has 3 heterocycles. The van der Waals surface area contributed by atoms with Gasteiger partial charge in [0.15, 0.2) is 17.2 Å². The number of benzene rings is 2. The first-order valence-corrected chi connectivity index (χ1v) is 10.2. The Hall–Kier alpha value is -3.08. The van der Waals surface area contributed by atoms with Crippen LogP contribution in [0.25, 0.3) is 22.1 Å². The first kappa shape index (κ1) is 18.0. The summed E-state index contributed by atoms with van der Waals surface area (Å²) in [7, 11) is 0. The number of nitrogens with zero attached hydrogens (tertiary/aromatic N) is 2. The zero-order valence-corrected chi connectivity index (χ0v) is 17.0. The zero-order valence-electron chi connectivity index (χ0n) is 17.0. The van der Waals surface area contributed by atoms with Gasteiger partial charge >= 0.3 is 0 Å². The highest BCUT2D eigenvalue weighted by atomic mass is 16.4. The summed E-state index contributed by atoms with van der Waals surface area (Å²) >= 11 is 0. The topological polar surface area (TPSA) is 59.5 Å². The standard InChI is InChI=1S/C24H24N2O3/c1-14-12-15(2)21-16(3)22(28-20(21)13-14)24(27)26-10-8-17(9-11-26)23-25-18-6-4-5-7-19(18)29-23/h4-7,12-13,17H,8-11H2,1-3H3. The van der Waals surface area contributed by atoms with Crippen LogP contribution in [0, 0.1) is 20.8 Å². The van der Waals surface area contributed by atoms with Gasteiger partial charge in [-0.3, -0.25) is 4.79 Å². The Balaban J connectivity index is 1.35. The monoisotopic (exact) mass is 388 g/mol. The van der Waals surface area contributed by atoms with Crippen molar-refractivity contribution in [1.82, 2.24) is 9.88 Å². The summed E-state index contributed by atoms with van der Waals surface area (Å²) in [5, 5.41) is 1.06. The fourth-order valence-corrected chi connectivity index (χ4v) is 4.53. The molecule has 1 saturated heterocycles. The fraction of sp³-hybridized carbons (Fsp3) is 0.333. The van der Waals surface area contributed by atoms with Gasteiger partial charge in [0, 0.05) is 30.0 Å². The molecule has 5 heteroatoms. The molecule has 1 aliphatic rings. The van der Waals surface area contributed by atoms with Crippen molar-refractivity contribution >= 4 is 28.0 Å². The highest BCUT2D eigenvalue weighted by Crippen LogP contribution is 2.33. The summed E-state index contributed by atoms with van der Waals surface area (Å²) in [5.74, 6) is 1.47. The molecular weight excluding hydrogens is 364 g/mol. The van der Waals surface area contributed by atoms with Crippen molar-refractivity contribution in [2.24, 2.45) is 0 Å². The Kier molecular flexibility index (Phi) is 4.19. The van der Waals surface area contributed by atoms with E-state index in [1.54, 1.807) is 0 Å². The van der Waals surface area contributed by atoms with Crippen LogP contribution in [0.4, 0.5) is 0 Å². The van der Waals surface area contributed by atoms with Crippen LogP contribution in [0.3, 0.4) is 0 Å². The number of furan rings is 1. The van der Waals surface area contributed by atoms with Gasteiger partial charge in [-0.25, -0.2) is 4.98 Å². The van der Waals surface area contributed by atoms with Crippen LogP contribution < -0.4 is 0 Å². The smallest absolute Gasteiger partial charge is 0.289 e. The van der Waals surface area contributed by atoms with Crippen LogP contribution >= 0.6 is 0 Å². The van der Waals surface area contributed by atoms with E-state index in [2.05, 4.69) is 18.0 Å². The average molecular weight is 388 g/mol. The molecular formula is C24H24N2O3. The second kappa shape index (κ2) is 6.76. The van der Waals surface area contributed by atoms with E-state index in [4.69, 9.17) is 8.83 Å². The van der Waals surface area contributed by atoms with Crippen molar-refractivity contribution in [2.45, 2.75) is 39.5 Å². The number of aromatic nitrogens is 1. The molecule has 0 aliphatic carbocycles. The first-order chi connectivity index (χ1) is 14.0. The lowest BCUT2D eigenvalue weighted by Crippen LogP contribution is -2.38. The summed E-state index contributed by atoms with van der Waals surface area (Å²) in [6.07, 6.45) is 1.69. The number of hydrogen-bond donors (Lipinski definition) is 0. The Morgan fingerprint density at radius 1 is 1.03 bits per heavy atom. The minimum absolute atomic E-state index is 0.0215. The lowest BCUT2D eigenvalue weighted by atomic mass is 9.96. The molecule has 0 atom stereocenters. The molecule has 1 amide bonds. The quantitative estimate of drug-likeness (QED) is 0.454. The lowest BCUT2D eigenvalue weighted by molar-refractivity contribution is 0.0676. The number of aryl methyl sites for hydroxylation is 3. The Bertz CT molecular complexity index is 1190. The van der Waals surface area contributed by atoms with E-state index in [0.717, 1.165) is 57.5 Å². The number of amides is 1. The highest BCUT2D eigenvalue weighted by Gasteiger charge is 2.30. The predicted octanol–water partition coefficient (Wildman–Crippen LogP) is 5.52. The molecule has 5 rings (SSSR count). The third kappa shape index (κ3) is 3.01. The largest absolute Gasteiger partial charge is 0.451 e. The van der Waals surface area contributed by atoms with Crippen LogP contribution in [-0.2, 0) is 0 Å². The maximum Gasteiger partial charge on any atom is 0.289 e. The van der Waals surface area contributed by atoms with Crippen molar-refractivity contribution < 1.29 is 13.6 Å². The maximum absolute atomic E-state index is 13.2. The van der Waals surface area contributed by atoms with E-state index in [0.29, 0.717) is 18.8 Å². The summed E-state index contributed by atoms with van der Waals surface area (Å²) < 4.78 is 11.9. The number of carbonyl (C=O) groups excluding carboxylic acids is 1. The van der Waals surface area contributed by atoms with Gasteiger partial charge in [-0.1, -0.05) is 18.2 Å². The van der Waals surface area contributed by atoms with Gasteiger partial charge in [-0.05, 0) is 62.9 Å². The van der Waals surface area contributed by atoms with Crippen LogP contribution in [0.15, 0.2) is 45.2 Å². The molecule has 1 fully saturated rings. The third-order valence-electron chi connectivity index (χ3n) is 6.01. The van der Waals surface area contributed by atoms with E-state index in [1.807, 2.05) is 49.1 Å². The van der Waals surface area contributed by atoms with E-state index in [9.17, 15) is 4.79 Å². The zero-order chi connectivity index (χ0) is 20.1. The molecule has 0 N–H and O–H groups in total. The van der Waals surface area contributed by atoms with Gasteiger partial charge in [0.2, 0.25) is 0 Å². The third-order valence-corrected chi connectivity index (χ3v) is 6.01. The van der Waals surface area contributed by atoms with E-state index in [-0.39, 0.29) is 11.8 Å². The van der Waals surface area contributed by atoms with E-state index < -0.39 is 0 Å². The van der Waals surface area contributed by atoms with Crippen molar-refractivity contribution in [3.05, 3.63) is 64.7 Å². The second-order valence-electron chi connectivity index (χ2n) is 8.10. The molecule has 148 valence electrons. The van der Waals surface area contributed by atoms with Crippen molar-refractivity contribution in [3.8, 4) is 0 Å². The molecule has 0 bridgehead atoms. The van der Waals surface area contributed by atoms with Gasteiger partial charge < -0.3 is 13.7 Å². The molecule has 0 saturated carbocycles. The van der Waals surface area contributed by atoms with Crippen molar-refractivity contribution in [3.63, 3.8) is 0 Å². The summed E-state index contributed by atoms with van der Waals surface area (Å²) in [5.41, 5.74) is 5.74. The van der Waals surface area contributed by atoms with Crippen LogP contribution in [0.1, 0.15) is 51.9 Å². The molecule has 0 unspecified atom stereocenters. The van der Waals surface area contributed by atoms with Crippen LogP contribution in [0.2, 0.25) is 0 Å². The molecule has 0 spiro atoms. The number of rotatable bonds is 2. The van der Waals surface area contributed by atoms with Gasteiger partial charge in [0.1, 0.15) is 11.1 Å². The van der Waals surface area contributed by atoms with Gasteiger partial charge in [-0.15, -0.1) is 0 Å². The van der Waals surface area contributed by atoms with Crippen molar-refractivity contribution in [2.75, 3.05) is 13.1 Å². The maximum atomic E-state index is 13.2. The SMILES string of the molecule is Cc1cc(C)c2c(C)c(C(=O)N3CCC(c4nc5ccccc5o4)CC3)oc2c1. The number of hydrogen-bond acceptors (Lipinski definition) is 4. The Morgan fingerprint density at radius 3 is 2.55 bits per heavy atom. The predicted molar refractivity (Wildman–Crippen MR) is 112 cm³/mol. The fourth-order valence-electron chi connectivity index (χ4n) is 4.53. The van der Waals surface area contributed by atoms with E-state index >= 15 is 0 Å². The summed E-state index contributed by atoms with van der Waals surface area (Å²) in [4.78, 5) is 19.7. The number of oxazole rings is 1. The molecule has 29 heavy (non-hydrogen) atoms. The molecule has 4 aromatic rings. The number of likely N-dealkylation sites (tertiary alicyclic amines) is 1. The average Bonchev–Trinajstić information content (AvgIpc) is 3.29. The molecule has 2 aromatic carbocycles. The van der Waals surface area contributed by atoms with Gasteiger partial charge in [-0.2, -0.15) is 0 Å². The normalized spacial score (nSPS) is 15.5. The second-order valence-corrected chi connectivity index (χ2v) is 8.10.